The predicted octanol–water partition coefficient (Wildman–Crippen LogP) is 14.3. The highest BCUT2D eigenvalue weighted by molar-refractivity contribution is 6.28. The van der Waals surface area contributed by atoms with Crippen molar-refractivity contribution in [2.45, 2.75) is 0 Å². The number of benzene rings is 9. The highest BCUT2D eigenvalue weighted by Crippen LogP contribution is 2.47. The maximum atomic E-state index is 6.63. The summed E-state index contributed by atoms with van der Waals surface area (Å²) in [6.45, 7) is 0. The number of hydrogen-bond donors (Lipinski definition) is 0. The van der Waals surface area contributed by atoms with Crippen LogP contribution in [-0.4, -0.2) is 4.98 Å². The molecular weight excluding hydrogens is 643 g/mol. The highest BCUT2D eigenvalue weighted by Gasteiger charge is 2.22. The summed E-state index contributed by atoms with van der Waals surface area (Å²) in [5, 5.41) is 10.7. The van der Waals surface area contributed by atoms with Crippen molar-refractivity contribution in [1.29, 1.82) is 0 Å². The van der Waals surface area contributed by atoms with Crippen molar-refractivity contribution >= 4 is 65.2 Å². The van der Waals surface area contributed by atoms with Crippen LogP contribution in [0.1, 0.15) is 0 Å². The van der Waals surface area contributed by atoms with Gasteiger partial charge in [-0.3, -0.25) is 0 Å². The molecule has 0 atom stereocenters. The van der Waals surface area contributed by atoms with Crippen molar-refractivity contribution in [2.75, 3.05) is 0 Å². The summed E-state index contributed by atoms with van der Waals surface area (Å²) in [6.07, 6.45) is 0. The Morgan fingerprint density at radius 1 is 0.340 bits per heavy atom. The molecule has 2 nitrogen and oxygen atoms in total. The van der Waals surface area contributed by atoms with Crippen LogP contribution in [0, 0.1) is 0 Å². The summed E-state index contributed by atoms with van der Waals surface area (Å²) < 4.78 is 6.63. The molecule has 0 spiro atoms. The van der Waals surface area contributed by atoms with Gasteiger partial charge in [-0.2, -0.15) is 0 Å². The van der Waals surface area contributed by atoms with Crippen LogP contribution in [0.25, 0.3) is 110 Å². The zero-order chi connectivity index (χ0) is 34.9. The first-order chi connectivity index (χ1) is 26.3. The van der Waals surface area contributed by atoms with Crippen molar-refractivity contribution in [3.63, 3.8) is 0 Å². The Morgan fingerprint density at radius 3 is 1.83 bits per heavy atom. The van der Waals surface area contributed by atoms with Gasteiger partial charge in [0.25, 0.3) is 0 Å². The lowest BCUT2D eigenvalue weighted by molar-refractivity contribution is 0.669. The molecule has 11 aromatic rings. The van der Waals surface area contributed by atoms with Gasteiger partial charge in [0.2, 0.25) is 0 Å². The van der Waals surface area contributed by atoms with E-state index in [1.807, 2.05) is 6.07 Å². The van der Waals surface area contributed by atoms with Crippen molar-refractivity contribution in [2.24, 2.45) is 0 Å². The van der Waals surface area contributed by atoms with Crippen LogP contribution in [0.2, 0.25) is 0 Å². The normalized spacial score (nSPS) is 11.8. The minimum atomic E-state index is 0.861. The molecule has 0 saturated heterocycles. The Bertz CT molecular complexity index is 3210. The van der Waals surface area contributed by atoms with E-state index in [1.165, 1.54) is 49.2 Å². The maximum Gasteiger partial charge on any atom is 0.136 e. The van der Waals surface area contributed by atoms with E-state index in [0.29, 0.717) is 0 Å². The van der Waals surface area contributed by atoms with Crippen LogP contribution in [-0.2, 0) is 0 Å². The van der Waals surface area contributed by atoms with Gasteiger partial charge in [-0.05, 0) is 79.7 Å². The number of aromatic nitrogens is 1. The van der Waals surface area contributed by atoms with Gasteiger partial charge < -0.3 is 4.42 Å². The SMILES string of the molecule is c1ccc(-c2nc3ccccc3c3c(-c4cccc(-c5ccc(-c6cc7ccccc7c7ccccc67)cc5)c4)c4c(cc23)oc2ccccc24)cc1. The molecule has 9 aromatic carbocycles. The first-order valence-electron chi connectivity index (χ1n) is 18.1. The average molecular weight is 674 g/mol. The summed E-state index contributed by atoms with van der Waals surface area (Å²) in [5.74, 6) is 0. The molecule has 0 N–H and O–H groups in total. The molecule has 0 amide bonds. The maximum absolute atomic E-state index is 6.63. The second-order valence-corrected chi connectivity index (χ2v) is 13.8. The van der Waals surface area contributed by atoms with Crippen molar-refractivity contribution in [3.05, 3.63) is 188 Å². The lowest BCUT2D eigenvalue weighted by Gasteiger charge is -2.16. The van der Waals surface area contributed by atoms with E-state index in [2.05, 4.69) is 182 Å². The van der Waals surface area contributed by atoms with Gasteiger partial charge in [0.1, 0.15) is 11.2 Å². The second kappa shape index (κ2) is 11.8. The number of nitrogens with zero attached hydrogens (tertiary/aromatic N) is 1. The second-order valence-electron chi connectivity index (χ2n) is 13.8. The van der Waals surface area contributed by atoms with E-state index >= 15 is 0 Å². The molecule has 0 bridgehead atoms. The van der Waals surface area contributed by atoms with Crippen LogP contribution < -0.4 is 0 Å². The number of rotatable bonds is 4. The Hall–Kier alpha value is -7.03. The molecule has 11 rings (SSSR count). The largest absolute Gasteiger partial charge is 0.456 e. The van der Waals surface area contributed by atoms with E-state index in [4.69, 9.17) is 9.40 Å². The molecule has 2 heterocycles. The molecule has 53 heavy (non-hydrogen) atoms. The molecule has 0 aliphatic rings. The third kappa shape index (κ3) is 4.70. The van der Waals surface area contributed by atoms with Crippen molar-refractivity contribution < 1.29 is 4.42 Å². The Labute approximate surface area is 306 Å². The summed E-state index contributed by atoms with van der Waals surface area (Å²) in [4.78, 5) is 5.26. The van der Waals surface area contributed by atoms with Crippen LogP contribution in [0.4, 0.5) is 0 Å². The molecular formula is C51H31NO. The average Bonchev–Trinajstić information content (AvgIpc) is 3.61. The van der Waals surface area contributed by atoms with Crippen molar-refractivity contribution in [3.8, 4) is 44.6 Å². The highest BCUT2D eigenvalue weighted by atomic mass is 16.3. The number of furan rings is 1. The van der Waals surface area contributed by atoms with Gasteiger partial charge in [-0.15, -0.1) is 0 Å². The molecule has 0 unspecified atom stereocenters. The molecule has 0 saturated carbocycles. The number of hydrogen-bond acceptors (Lipinski definition) is 2. The van der Waals surface area contributed by atoms with E-state index in [-0.39, 0.29) is 0 Å². The summed E-state index contributed by atoms with van der Waals surface area (Å²) >= 11 is 0. The summed E-state index contributed by atoms with van der Waals surface area (Å²) in [6, 6.07) is 67.4. The molecule has 2 aromatic heterocycles. The Balaban J connectivity index is 1.14. The predicted molar refractivity (Wildman–Crippen MR) is 223 cm³/mol. The number of para-hydroxylation sites is 2. The van der Waals surface area contributed by atoms with Crippen LogP contribution in [0.15, 0.2) is 192 Å². The Kier molecular flexibility index (Phi) is 6.59. The monoisotopic (exact) mass is 673 g/mol. The quantitative estimate of drug-likeness (QED) is 0.174. The van der Waals surface area contributed by atoms with Gasteiger partial charge in [0, 0.05) is 38.1 Å². The fourth-order valence-corrected chi connectivity index (χ4v) is 8.41. The minimum absolute atomic E-state index is 0.861. The van der Waals surface area contributed by atoms with E-state index in [0.717, 1.165) is 60.6 Å². The van der Waals surface area contributed by atoms with Gasteiger partial charge in [-0.25, -0.2) is 4.98 Å². The third-order valence-electron chi connectivity index (χ3n) is 10.8. The van der Waals surface area contributed by atoms with Gasteiger partial charge in [-0.1, -0.05) is 158 Å². The molecule has 0 aliphatic carbocycles. The van der Waals surface area contributed by atoms with Gasteiger partial charge in [0.15, 0.2) is 0 Å². The van der Waals surface area contributed by atoms with Crippen LogP contribution >= 0.6 is 0 Å². The summed E-state index contributed by atoms with van der Waals surface area (Å²) in [5.41, 5.74) is 11.9. The van der Waals surface area contributed by atoms with Crippen LogP contribution in [0.3, 0.4) is 0 Å². The lowest BCUT2D eigenvalue weighted by atomic mass is 9.88. The first-order valence-corrected chi connectivity index (χ1v) is 18.1. The fourth-order valence-electron chi connectivity index (χ4n) is 8.41. The standard InChI is InChI=1S/C51H31NO/c1-2-13-34(14-3-1)51-44-31-47-50(42-22-9-11-24-46(42)53-47)48(49(44)41-21-8-10-23-45(41)52-51)37-17-12-16-35(29-37)32-25-27-33(28-26-32)43-30-36-15-4-5-18-38(36)39-19-6-7-20-40(39)43/h1-31H. The smallest absolute Gasteiger partial charge is 0.136 e. The zero-order valence-corrected chi connectivity index (χ0v) is 28.8. The fraction of sp³-hybridized carbons (Fsp3) is 0. The van der Waals surface area contributed by atoms with E-state index in [1.54, 1.807) is 0 Å². The molecule has 246 valence electrons. The zero-order valence-electron chi connectivity index (χ0n) is 28.8. The first kappa shape index (κ1) is 29.7. The number of fused-ring (bicyclic) bond motifs is 9. The molecule has 2 heteroatoms. The molecule has 0 aliphatic heterocycles. The third-order valence-corrected chi connectivity index (χ3v) is 10.8. The molecule has 0 radical (unpaired) electrons. The number of pyridine rings is 1. The Morgan fingerprint density at radius 2 is 0.981 bits per heavy atom. The van der Waals surface area contributed by atoms with Gasteiger partial charge >= 0.3 is 0 Å². The van der Waals surface area contributed by atoms with Crippen LogP contribution in [0.5, 0.6) is 0 Å². The molecule has 0 fully saturated rings. The minimum Gasteiger partial charge on any atom is -0.456 e. The topological polar surface area (TPSA) is 26.0 Å². The lowest BCUT2D eigenvalue weighted by Crippen LogP contribution is -1.93. The van der Waals surface area contributed by atoms with E-state index in [9.17, 15) is 0 Å². The van der Waals surface area contributed by atoms with Gasteiger partial charge in [0.05, 0.1) is 11.2 Å². The van der Waals surface area contributed by atoms with E-state index < -0.39 is 0 Å². The summed E-state index contributed by atoms with van der Waals surface area (Å²) in [7, 11) is 0. The van der Waals surface area contributed by atoms with Crippen molar-refractivity contribution in [1.82, 2.24) is 4.98 Å².